The highest BCUT2D eigenvalue weighted by atomic mass is 16.6. The third kappa shape index (κ3) is 6.16. The van der Waals surface area contributed by atoms with Crippen LogP contribution in [0.5, 0.6) is 5.75 Å². The second-order valence-corrected chi connectivity index (χ2v) is 5.56. The second kappa shape index (κ2) is 6.97. The maximum absolute atomic E-state index is 11.6. The van der Waals surface area contributed by atoms with E-state index in [2.05, 4.69) is 5.32 Å². The van der Waals surface area contributed by atoms with Crippen LogP contribution in [0.3, 0.4) is 0 Å². The van der Waals surface area contributed by atoms with Crippen molar-refractivity contribution in [3.8, 4) is 5.75 Å². The van der Waals surface area contributed by atoms with Crippen LogP contribution < -0.4 is 10.1 Å². The Morgan fingerprint density at radius 1 is 1.24 bits per heavy atom. The summed E-state index contributed by atoms with van der Waals surface area (Å²) in [4.78, 5) is 22.5. The fourth-order valence-corrected chi connectivity index (χ4v) is 1.71. The van der Waals surface area contributed by atoms with Crippen LogP contribution >= 0.6 is 0 Å². The van der Waals surface area contributed by atoms with E-state index in [-0.39, 0.29) is 13.0 Å². The van der Waals surface area contributed by atoms with Crippen molar-refractivity contribution in [3.63, 3.8) is 0 Å². The highest BCUT2D eigenvalue weighted by Gasteiger charge is 2.16. The van der Waals surface area contributed by atoms with Crippen molar-refractivity contribution in [2.75, 3.05) is 7.11 Å². The monoisotopic (exact) mass is 295 g/mol. The van der Waals surface area contributed by atoms with Gasteiger partial charge in [0.15, 0.2) is 0 Å². The third-order valence-electron chi connectivity index (χ3n) is 2.58. The molecule has 0 aliphatic rings. The van der Waals surface area contributed by atoms with Crippen LogP contribution in [0.15, 0.2) is 18.2 Å². The number of methoxy groups -OCH3 is 1. The lowest BCUT2D eigenvalue weighted by molar-refractivity contribution is -0.136. The van der Waals surface area contributed by atoms with E-state index in [4.69, 9.17) is 14.6 Å². The van der Waals surface area contributed by atoms with Gasteiger partial charge in [0.05, 0.1) is 13.5 Å². The molecular weight excluding hydrogens is 274 g/mol. The zero-order valence-corrected chi connectivity index (χ0v) is 12.7. The number of hydrogen-bond acceptors (Lipinski definition) is 4. The van der Waals surface area contributed by atoms with Gasteiger partial charge in [-0.3, -0.25) is 4.79 Å². The van der Waals surface area contributed by atoms with Crippen LogP contribution in [0.25, 0.3) is 0 Å². The first kappa shape index (κ1) is 16.8. The Labute approximate surface area is 124 Å². The number of benzene rings is 1. The van der Waals surface area contributed by atoms with E-state index in [0.29, 0.717) is 16.9 Å². The summed E-state index contributed by atoms with van der Waals surface area (Å²) >= 11 is 0. The largest absolute Gasteiger partial charge is 0.497 e. The molecule has 116 valence electrons. The van der Waals surface area contributed by atoms with Gasteiger partial charge in [0.25, 0.3) is 0 Å². The minimum atomic E-state index is -0.932. The molecule has 0 aromatic heterocycles. The highest BCUT2D eigenvalue weighted by molar-refractivity contribution is 5.71. The number of amides is 1. The Morgan fingerprint density at radius 2 is 1.90 bits per heavy atom. The van der Waals surface area contributed by atoms with Crippen molar-refractivity contribution in [1.29, 1.82) is 0 Å². The molecule has 0 radical (unpaired) electrons. The zero-order chi connectivity index (χ0) is 16.0. The van der Waals surface area contributed by atoms with Crippen molar-refractivity contribution in [3.05, 3.63) is 29.3 Å². The van der Waals surface area contributed by atoms with Crippen LogP contribution in [0.4, 0.5) is 4.79 Å². The molecule has 1 rings (SSSR count). The van der Waals surface area contributed by atoms with Gasteiger partial charge in [0.2, 0.25) is 0 Å². The Hall–Kier alpha value is -2.24. The number of aliphatic carboxylic acids is 1. The number of carbonyl (C=O) groups is 2. The molecule has 0 heterocycles. The van der Waals surface area contributed by atoms with Gasteiger partial charge >= 0.3 is 12.1 Å². The van der Waals surface area contributed by atoms with Crippen LogP contribution in [0.1, 0.15) is 31.9 Å². The zero-order valence-electron chi connectivity index (χ0n) is 12.7. The lowest BCUT2D eigenvalue weighted by Gasteiger charge is -2.20. The fourth-order valence-electron chi connectivity index (χ4n) is 1.71. The van der Waals surface area contributed by atoms with Crippen molar-refractivity contribution < 1.29 is 24.2 Å². The molecule has 21 heavy (non-hydrogen) atoms. The maximum atomic E-state index is 11.6. The van der Waals surface area contributed by atoms with E-state index in [1.54, 1.807) is 39.0 Å². The summed E-state index contributed by atoms with van der Waals surface area (Å²) < 4.78 is 10.3. The average Bonchev–Trinajstić information content (AvgIpc) is 2.35. The minimum absolute atomic E-state index is 0.116. The normalized spacial score (nSPS) is 10.9. The fraction of sp³-hybridized carbons (Fsp3) is 0.467. The summed E-state index contributed by atoms with van der Waals surface area (Å²) in [6.45, 7) is 5.49. The van der Waals surface area contributed by atoms with Crippen molar-refractivity contribution in [1.82, 2.24) is 5.32 Å². The Balaban J connectivity index is 2.80. The topological polar surface area (TPSA) is 84.9 Å². The Kier molecular flexibility index (Phi) is 5.58. The van der Waals surface area contributed by atoms with Crippen LogP contribution in [0, 0.1) is 0 Å². The third-order valence-corrected chi connectivity index (χ3v) is 2.58. The molecule has 0 bridgehead atoms. The van der Waals surface area contributed by atoms with Crippen molar-refractivity contribution in [2.24, 2.45) is 0 Å². The highest BCUT2D eigenvalue weighted by Crippen LogP contribution is 2.18. The smallest absolute Gasteiger partial charge is 0.407 e. The molecule has 0 saturated carbocycles. The molecule has 0 aliphatic carbocycles. The number of carbonyl (C=O) groups excluding carboxylic acids is 1. The first-order chi connectivity index (χ1) is 9.71. The van der Waals surface area contributed by atoms with Gasteiger partial charge in [-0.05, 0) is 44.0 Å². The molecule has 6 nitrogen and oxygen atoms in total. The van der Waals surface area contributed by atoms with Gasteiger partial charge in [-0.2, -0.15) is 0 Å². The Bertz CT molecular complexity index is 519. The summed E-state index contributed by atoms with van der Waals surface area (Å²) in [6.07, 6.45) is -0.665. The van der Waals surface area contributed by atoms with Gasteiger partial charge < -0.3 is 19.9 Å². The van der Waals surface area contributed by atoms with Gasteiger partial charge in [-0.1, -0.05) is 6.07 Å². The second-order valence-electron chi connectivity index (χ2n) is 5.56. The lowest BCUT2D eigenvalue weighted by atomic mass is 10.0. The number of carboxylic acids is 1. The first-order valence-electron chi connectivity index (χ1n) is 6.55. The molecule has 1 aromatic carbocycles. The van der Waals surface area contributed by atoms with E-state index >= 15 is 0 Å². The van der Waals surface area contributed by atoms with E-state index in [0.717, 1.165) is 0 Å². The predicted molar refractivity (Wildman–Crippen MR) is 77.4 cm³/mol. The quantitative estimate of drug-likeness (QED) is 0.871. The first-order valence-corrected chi connectivity index (χ1v) is 6.55. The lowest BCUT2D eigenvalue weighted by Crippen LogP contribution is -2.32. The average molecular weight is 295 g/mol. The molecule has 0 aliphatic heterocycles. The van der Waals surface area contributed by atoms with E-state index < -0.39 is 17.7 Å². The summed E-state index contributed by atoms with van der Waals surface area (Å²) in [5.41, 5.74) is 0.726. The number of hydrogen-bond donors (Lipinski definition) is 2. The molecular formula is C15H21NO5. The van der Waals surface area contributed by atoms with Crippen molar-refractivity contribution in [2.45, 2.75) is 39.3 Å². The predicted octanol–water partition coefficient (Wildman–Crippen LogP) is 2.35. The molecule has 2 N–H and O–H groups in total. The standard InChI is InChI=1S/C15H21NO5/c1-15(2,3)21-14(19)16-9-11-7-12(20-4)6-5-10(11)8-13(17)18/h5-7H,8-9H2,1-4H3,(H,16,19)(H,17,18). The summed E-state index contributed by atoms with van der Waals surface area (Å²) in [7, 11) is 1.53. The number of carboxylic acid groups (broad SMARTS) is 1. The number of ether oxygens (including phenoxy) is 2. The van der Waals surface area contributed by atoms with Crippen LogP contribution in [0.2, 0.25) is 0 Å². The van der Waals surface area contributed by atoms with Crippen LogP contribution in [-0.2, 0) is 22.5 Å². The van der Waals surface area contributed by atoms with Gasteiger partial charge in [0.1, 0.15) is 11.4 Å². The molecule has 1 aromatic rings. The molecule has 0 fully saturated rings. The van der Waals surface area contributed by atoms with Gasteiger partial charge in [-0.25, -0.2) is 4.79 Å². The minimum Gasteiger partial charge on any atom is -0.497 e. The van der Waals surface area contributed by atoms with Gasteiger partial charge in [0, 0.05) is 6.54 Å². The molecule has 6 heteroatoms. The molecule has 0 spiro atoms. The maximum Gasteiger partial charge on any atom is 0.407 e. The van der Waals surface area contributed by atoms with E-state index in [1.807, 2.05) is 0 Å². The SMILES string of the molecule is COc1ccc(CC(=O)O)c(CNC(=O)OC(C)(C)C)c1. The van der Waals surface area contributed by atoms with Crippen LogP contribution in [-0.4, -0.2) is 29.9 Å². The number of rotatable bonds is 5. The van der Waals surface area contributed by atoms with E-state index in [1.165, 1.54) is 7.11 Å². The van der Waals surface area contributed by atoms with Crippen molar-refractivity contribution >= 4 is 12.1 Å². The molecule has 0 saturated heterocycles. The molecule has 0 unspecified atom stereocenters. The van der Waals surface area contributed by atoms with Gasteiger partial charge in [-0.15, -0.1) is 0 Å². The summed E-state index contributed by atoms with van der Waals surface area (Å²) in [6, 6.07) is 5.07. The van der Waals surface area contributed by atoms with E-state index in [9.17, 15) is 9.59 Å². The number of alkyl carbamates (subject to hydrolysis) is 1. The summed E-state index contributed by atoms with van der Waals surface area (Å²) in [5, 5.41) is 11.5. The molecule has 0 atom stereocenters. The number of nitrogens with one attached hydrogen (secondary N) is 1. The molecule has 1 amide bonds. The Morgan fingerprint density at radius 3 is 2.43 bits per heavy atom. The summed E-state index contributed by atoms with van der Waals surface area (Å²) in [5.74, 6) is -0.330.